The zero-order valence-electron chi connectivity index (χ0n) is 9.50. The van der Waals surface area contributed by atoms with Crippen molar-refractivity contribution in [1.82, 2.24) is 15.1 Å². The van der Waals surface area contributed by atoms with E-state index in [0.29, 0.717) is 6.54 Å². The Morgan fingerprint density at radius 2 is 2.33 bits per heavy atom. The number of rotatable bonds is 5. The zero-order chi connectivity index (χ0) is 11.3. The Morgan fingerprint density at radius 1 is 1.60 bits per heavy atom. The van der Waals surface area contributed by atoms with E-state index in [1.165, 1.54) is 0 Å². The highest BCUT2D eigenvalue weighted by molar-refractivity contribution is 5.92. The molecule has 84 valence electrons. The predicted molar refractivity (Wildman–Crippen MR) is 59.7 cm³/mol. The summed E-state index contributed by atoms with van der Waals surface area (Å²) in [5.74, 6) is -0.0282. The van der Waals surface area contributed by atoms with Crippen LogP contribution in [-0.2, 0) is 11.8 Å². The van der Waals surface area contributed by atoms with Crippen LogP contribution in [0.5, 0.6) is 0 Å². The van der Waals surface area contributed by atoms with Crippen molar-refractivity contribution < 1.29 is 4.79 Å². The van der Waals surface area contributed by atoms with E-state index in [1.807, 2.05) is 14.0 Å². The Bertz CT molecular complexity index is 332. The lowest BCUT2D eigenvalue weighted by molar-refractivity contribution is -0.115. The maximum Gasteiger partial charge on any atom is 0.238 e. The van der Waals surface area contributed by atoms with Gasteiger partial charge in [0.25, 0.3) is 0 Å². The molecule has 0 unspecified atom stereocenters. The standard InChI is InChI=1S/C10H18N4O/c1-4-5-11-6-10(15)12-9-7-14(3)13-8(9)2/h7,11H,4-6H2,1-3H3,(H,12,15). The molecular weight excluding hydrogens is 192 g/mol. The maximum atomic E-state index is 11.4. The number of amides is 1. The van der Waals surface area contributed by atoms with E-state index in [0.717, 1.165) is 24.3 Å². The third-order valence-corrected chi connectivity index (χ3v) is 2.00. The molecule has 0 saturated carbocycles. The third-order valence-electron chi connectivity index (χ3n) is 2.00. The van der Waals surface area contributed by atoms with E-state index in [2.05, 4.69) is 22.7 Å². The van der Waals surface area contributed by atoms with Gasteiger partial charge in [0.2, 0.25) is 5.91 Å². The molecule has 5 heteroatoms. The molecule has 1 rings (SSSR count). The second-order valence-corrected chi connectivity index (χ2v) is 3.53. The van der Waals surface area contributed by atoms with Crippen molar-refractivity contribution in [1.29, 1.82) is 0 Å². The SMILES string of the molecule is CCCNCC(=O)Nc1cn(C)nc1C. The van der Waals surface area contributed by atoms with Crippen LogP contribution in [0.25, 0.3) is 0 Å². The van der Waals surface area contributed by atoms with E-state index >= 15 is 0 Å². The smallest absolute Gasteiger partial charge is 0.238 e. The van der Waals surface area contributed by atoms with Crippen LogP contribution < -0.4 is 10.6 Å². The molecule has 0 aliphatic heterocycles. The van der Waals surface area contributed by atoms with Crippen LogP contribution in [0.1, 0.15) is 19.0 Å². The lowest BCUT2D eigenvalue weighted by Gasteiger charge is -2.04. The zero-order valence-corrected chi connectivity index (χ0v) is 9.50. The van der Waals surface area contributed by atoms with Gasteiger partial charge in [-0.2, -0.15) is 5.10 Å². The molecule has 1 aromatic heterocycles. The molecule has 0 aromatic carbocycles. The van der Waals surface area contributed by atoms with Crippen LogP contribution in [-0.4, -0.2) is 28.8 Å². The molecule has 15 heavy (non-hydrogen) atoms. The summed E-state index contributed by atoms with van der Waals surface area (Å²) in [6.45, 7) is 5.15. The van der Waals surface area contributed by atoms with Crippen molar-refractivity contribution in [2.24, 2.45) is 7.05 Å². The first-order valence-corrected chi connectivity index (χ1v) is 5.14. The lowest BCUT2D eigenvalue weighted by atomic mass is 10.4. The summed E-state index contributed by atoms with van der Waals surface area (Å²) in [5, 5.41) is 9.99. The molecule has 0 saturated heterocycles. The van der Waals surface area contributed by atoms with Crippen LogP contribution >= 0.6 is 0 Å². The second-order valence-electron chi connectivity index (χ2n) is 3.53. The Labute approximate surface area is 89.9 Å². The fraction of sp³-hybridized carbons (Fsp3) is 0.600. The number of carbonyl (C=O) groups is 1. The van der Waals surface area contributed by atoms with Gasteiger partial charge in [0.05, 0.1) is 17.9 Å². The van der Waals surface area contributed by atoms with E-state index in [1.54, 1.807) is 10.9 Å². The lowest BCUT2D eigenvalue weighted by Crippen LogP contribution is -2.28. The van der Waals surface area contributed by atoms with Crippen LogP contribution in [0.4, 0.5) is 5.69 Å². The van der Waals surface area contributed by atoms with Gasteiger partial charge in [0.15, 0.2) is 0 Å². The number of nitrogens with zero attached hydrogens (tertiary/aromatic N) is 2. The number of hydrogen-bond donors (Lipinski definition) is 2. The number of aromatic nitrogens is 2. The normalized spacial score (nSPS) is 10.3. The molecule has 1 heterocycles. The number of hydrogen-bond acceptors (Lipinski definition) is 3. The quantitative estimate of drug-likeness (QED) is 0.702. The van der Waals surface area contributed by atoms with Gasteiger partial charge in [-0.1, -0.05) is 6.92 Å². The first-order chi connectivity index (χ1) is 7.13. The largest absolute Gasteiger partial charge is 0.322 e. The molecule has 0 bridgehead atoms. The van der Waals surface area contributed by atoms with E-state index in [9.17, 15) is 4.79 Å². The summed E-state index contributed by atoms with van der Waals surface area (Å²) in [6.07, 6.45) is 2.83. The average molecular weight is 210 g/mol. The van der Waals surface area contributed by atoms with E-state index in [4.69, 9.17) is 0 Å². The minimum Gasteiger partial charge on any atom is -0.322 e. The highest BCUT2D eigenvalue weighted by Crippen LogP contribution is 2.10. The summed E-state index contributed by atoms with van der Waals surface area (Å²) in [4.78, 5) is 11.4. The maximum absolute atomic E-state index is 11.4. The topological polar surface area (TPSA) is 59.0 Å². The molecule has 0 fully saturated rings. The molecule has 0 atom stereocenters. The first-order valence-electron chi connectivity index (χ1n) is 5.14. The van der Waals surface area contributed by atoms with Crippen LogP contribution in [0.15, 0.2) is 6.20 Å². The van der Waals surface area contributed by atoms with Crippen LogP contribution in [0, 0.1) is 6.92 Å². The minimum atomic E-state index is -0.0282. The summed E-state index contributed by atoms with van der Waals surface area (Å²) in [7, 11) is 1.83. The minimum absolute atomic E-state index is 0.0282. The fourth-order valence-electron chi connectivity index (χ4n) is 1.30. The molecule has 0 radical (unpaired) electrons. The van der Waals surface area contributed by atoms with Crippen molar-refractivity contribution in [2.45, 2.75) is 20.3 Å². The van der Waals surface area contributed by atoms with Crippen molar-refractivity contribution in [3.63, 3.8) is 0 Å². The Kier molecular flexibility index (Phi) is 4.30. The van der Waals surface area contributed by atoms with Gasteiger partial charge in [-0.25, -0.2) is 0 Å². The average Bonchev–Trinajstić information content (AvgIpc) is 2.45. The summed E-state index contributed by atoms with van der Waals surface area (Å²) < 4.78 is 1.68. The highest BCUT2D eigenvalue weighted by atomic mass is 16.1. The third kappa shape index (κ3) is 3.71. The monoisotopic (exact) mass is 210 g/mol. The van der Waals surface area contributed by atoms with Gasteiger partial charge in [-0.15, -0.1) is 0 Å². The molecule has 0 aliphatic rings. The molecule has 1 amide bonds. The number of anilines is 1. The molecule has 5 nitrogen and oxygen atoms in total. The predicted octanol–water partition coefficient (Wildman–Crippen LogP) is 0.667. The Hall–Kier alpha value is -1.36. The first kappa shape index (κ1) is 11.7. The van der Waals surface area contributed by atoms with Gasteiger partial charge in [0.1, 0.15) is 0 Å². The molecule has 1 aromatic rings. The van der Waals surface area contributed by atoms with E-state index in [-0.39, 0.29) is 5.91 Å². The Balaban J connectivity index is 2.41. The van der Waals surface area contributed by atoms with E-state index < -0.39 is 0 Å². The van der Waals surface area contributed by atoms with Gasteiger partial charge < -0.3 is 10.6 Å². The number of nitrogens with one attached hydrogen (secondary N) is 2. The van der Waals surface area contributed by atoms with Crippen LogP contribution in [0.2, 0.25) is 0 Å². The second kappa shape index (κ2) is 5.50. The molecular formula is C10H18N4O. The van der Waals surface area contributed by atoms with Crippen molar-refractivity contribution in [2.75, 3.05) is 18.4 Å². The van der Waals surface area contributed by atoms with Gasteiger partial charge >= 0.3 is 0 Å². The molecule has 0 spiro atoms. The number of aryl methyl sites for hydroxylation is 2. The van der Waals surface area contributed by atoms with Crippen molar-refractivity contribution >= 4 is 11.6 Å². The van der Waals surface area contributed by atoms with Gasteiger partial charge in [-0.3, -0.25) is 9.48 Å². The summed E-state index contributed by atoms with van der Waals surface area (Å²) >= 11 is 0. The molecule has 2 N–H and O–H groups in total. The summed E-state index contributed by atoms with van der Waals surface area (Å²) in [6, 6.07) is 0. The Morgan fingerprint density at radius 3 is 2.87 bits per heavy atom. The molecule has 0 aliphatic carbocycles. The van der Waals surface area contributed by atoms with Gasteiger partial charge in [-0.05, 0) is 19.9 Å². The summed E-state index contributed by atoms with van der Waals surface area (Å²) in [5.41, 5.74) is 1.61. The number of carbonyl (C=O) groups excluding carboxylic acids is 1. The van der Waals surface area contributed by atoms with Crippen molar-refractivity contribution in [3.8, 4) is 0 Å². The van der Waals surface area contributed by atoms with Crippen LogP contribution in [0.3, 0.4) is 0 Å². The highest BCUT2D eigenvalue weighted by Gasteiger charge is 2.06. The van der Waals surface area contributed by atoms with Crippen molar-refractivity contribution in [3.05, 3.63) is 11.9 Å². The van der Waals surface area contributed by atoms with Gasteiger partial charge in [0, 0.05) is 13.2 Å². The fourth-order valence-corrected chi connectivity index (χ4v) is 1.30.